The van der Waals surface area contributed by atoms with Gasteiger partial charge in [-0.25, -0.2) is 9.97 Å². The zero-order chi connectivity index (χ0) is 21.1. The Hall–Kier alpha value is -3.58. The number of carbonyl (C=O) groups excluding carboxylic acids is 1. The molecule has 0 aliphatic carbocycles. The van der Waals surface area contributed by atoms with Crippen molar-refractivity contribution in [2.75, 3.05) is 19.0 Å². The molecule has 1 amide bonds. The molecule has 0 aliphatic rings. The molecule has 0 fully saturated rings. The molecule has 152 valence electrons. The van der Waals surface area contributed by atoms with Gasteiger partial charge in [-0.05, 0) is 43.3 Å². The van der Waals surface area contributed by atoms with Gasteiger partial charge in [0.1, 0.15) is 12.1 Å². The SMILES string of the molecule is CCOc1c(Cl)cc(C(=O)Nc2ccc(-n3cnc4ccccc43)nc2)cc1OC. The van der Waals surface area contributed by atoms with Crippen LogP contribution in [0.2, 0.25) is 5.02 Å². The number of nitrogens with one attached hydrogen (secondary N) is 1. The Labute approximate surface area is 178 Å². The van der Waals surface area contributed by atoms with Gasteiger partial charge in [-0.2, -0.15) is 0 Å². The number of halogens is 1. The molecule has 0 saturated carbocycles. The minimum Gasteiger partial charge on any atom is -0.493 e. The van der Waals surface area contributed by atoms with E-state index in [4.69, 9.17) is 21.1 Å². The number of methoxy groups -OCH3 is 1. The minimum absolute atomic E-state index is 0.307. The molecule has 2 heterocycles. The number of para-hydroxylation sites is 2. The number of carbonyl (C=O) groups is 1. The van der Waals surface area contributed by atoms with Crippen molar-refractivity contribution >= 4 is 34.2 Å². The largest absolute Gasteiger partial charge is 0.493 e. The van der Waals surface area contributed by atoms with Crippen LogP contribution in [0, 0.1) is 0 Å². The van der Waals surface area contributed by atoms with E-state index in [-0.39, 0.29) is 5.91 Å². The molecular weight excluding hydrogens is 404 g/mol. The van der Waals surface area contributed by atoms with Crippen molar-refractivity contribution in [3.8, 4) is 17.3 Å². The fourth-order valence-electron chi connectivity index (χ4n) is 3.08. The number of hydrogen-bond donors (Lipinski definition) is 1. The van der Waals surface area contributed by atoms with Crippen molar-refractivity contribution in [3.63, 3.8) is 0 Å². The highest BCUT2D eigenvalue weighted by molar-refractivity contribution is 6.32. The summed E-state index contributed by atoms with van der Waals surface area (Å²) in [6.07, 6.45) is 3.31. The molecular formula is C22H19ClN4O3. The van der Waals surface area contributed by atoms with Gasteiger partial charge in [-0.3, -0.25) is 9.36 Å². The smallest absolute Gasteiger partial charge is 0.255 e. The fourth-order valence-corrected chi connectivity index (χ4v) is 3.35. The summed E-state index contributed by atoms with van der Waals surface area (Å²) < 4.78 is 12.7. The molecule has 0 spiro atoms. The monoisotopic (exact) mass is 422 g/mol. The summed E-state index contributed by atoms with van der Waals surface area (Å²) in [7, 11) is 1.50. The van der Waals surface area contributed by atoms with Gasteiger partial charge in [-0.1, -0.05) is 23.7 Å². The van der Waals surface area contributed by atoms with Crippen LogP contribution in [0.5, 0.6) is 11.5 Å². The molecule has 0 bridgehead atoms. The lowest BCUT2D eigenvalue weighted by molar-refractivity contribution is 0.102. The molecule has 0 radical (unpaired) electrons. The number of imidazole rings is 1. The third kappa shape index (κ3) is 3.79. The van der Waals surface area contributed by atoms with Crippen molar-refractivity contribution in [2.24, 2.45) is 0 Å². The van der Waals surface area contributed by atoms with E-state index in [0.717, 1.165) is 11.0 Å². The summed E-state index contributed by atoms with van der Waals surface area (Å²) in [5, 5.41) is 3.12. The maximum atomic E-state index is 12.7. The lowest BCUT2D eigenvalue weighted by Crippen LogP contribution is -2.13. The van der Waals surface area contributed by atoms with Gasteiger partial charge >= 0.3 is 0 Å². The zero-order valence-electron chi connectivity index (χ0n) is 16.4. The Morgan fingerprint density at radius 3 is 2.73 bits per heavy atom. The summed E-state index contributed by atoms with van der Waals surface area (Å²) in [6, 6.07) is 14.5. The van der Waals surface area contributed by atoms with E-state index in [1.807, 2.05) is 41.8 Å². The second kappa shape index (κ2) is 8.42. The molecule has 2 aromatic carbocycles. The van der Waals surface area contributed by atoms with Gasteiger partial charge in [0.25, 0.3) is 5.91 Å². The maximum absolute atomic E-state index is 12.7. The fraction of sp³-hybridized carbons (Fsp3) is 0.136. The first-order valence-corrected chi connectivity index (χ1v) is 9.68. The van der Waals surface area contributed by atoms with Gasteiger partial charge < -0.3 is 14.8 Å². The Kier molecular flexibility index (Phi) is 5.54. The van der Waals surface area contributed by atoms with Crippen LogP contribution in [0.3, 0.4) is 0 Å². The van der Waals surface area contributed by atoms with Crippen molar-refractivity contribution in [1.82, 2.24) is 14.5 Å². The second-order valence-electron chi connectivity index (χ2n) is 6.38. The molecule has 0 saturated heterocycles. The summed E-state index contributed by atoms with van der Waals surface area (Å²) in [5.41, 5.74) is 2.75. The van der Waals surface area contributed by atoms with Crippen LogP contribution in [0.1, 0.15) is 17.3 Å². The van der Waals surface area contributed by atoms with Crippen molar-refractivity contribution in [1.29, 1.82) is 0 Å². The van der Waals surface area contributed by atoms with E-state index in [2.05, 4.69) is 15.3 Å². The van der Waals surface area contributed by atoms with E-state index in [9.17, 15) is 4.79 Å². The first kappa shape index (κ1) is 19.7. The van der Waals surface area contributed by atoms with Crippen molar-refractivity contribution in [2.45, 2.75) is 6.92 Å². The number of fused-ring (bicyclic) bond motifs is 1. The van der Waals surface area contributed by atoms with Crippen LogP contribution < -0.4 is 14.8 Å². The third-order valence-electron chi connectivity index (χ3n) is 4.49. The van der Waals surface area contributed by atoms with Gasteiger partial charge in [0.2, 0.25) is 0 Å². The summed E-state index contributed by atoms with van der Waals surface area (Å²) in [4.78, 5) is 21.5. The molecule has 0 unspecified atom stereocenters. The van der Waals surface area contributed by atoms with Crippen molar-refractivity contribution in [3.05, 3.63) is 71.6 Å². The first-order chi connectivity index (χ1) is 14.6. The molecule has 4 rings (SSSR count). The minimum atomic E-state index is -0.333. The lowest BCUT2D eigenvalue weighted by Gasteiger charge is -2.13. The van der Waals surface area contributed by atoms with E-state index in [1.165, 1.54) is 7.11 Å². The van der Waals surface area contributed by atoms with Crippen LogP contribution in [0.15, 0.2) is 61.1 Å². The summed E-state index contributed by atoms with van der Waals surface area (Å²) in [5.74, 6) is 1.18. The van der Waals surface area contributed by atoms with Gasteiger partial charge in [-0.15, -0.1) is 0 Å². The number of rotatable bonds is 6. The van der Waals surface area contributed by atoms with Crippen LogP contribution in [0.4, 0.5) is 5.69 Å². The van der Waals surface area contributed by atoms with E-state index in [0.29, 0.717) is 40.2 Å². The molecule has 1 N–H and O–H groups in total. The van der Waals surface area contributed by atoms with Gasteiger partial charge in [0.05, 0.1) is 41.7 Å². The number of nitrogens with zero attached hydrogens (tertiary/aromatic N) is 3. The predicted octanol–water partition coefficient (Wildman–Crippen LogP) is 4.73. The van der Waals surface area contributed by atoms with Crippen LogP contribution in [0.25, 0.3) is 16.9 Å². The molecule has 30 heavy (non-hydrogen) atoms. The number of pyridine rings is 1. The average Bonchev–Trinajstić information content (AvgIpc) is 3.19. The molecule has 2 aromatic heterocycles. The van der Waals surface area contributed by atoms with Gasteiger partial charge in [0.15, 0.2) is 11.5 Å². The number of benzene rings is 2. The van der Waals surface area contributed by atoms with E-state index < -0.39 is 0 Å². The lowest BCUT2D eigenvalue weighted by atomic mass is 10.2. The zero-order valence-corrected chi connectivity index (χ0v) is 17.2. The Morgan fingerprint density at radius 1 is 1.17 bits per heavy atom. The number of amides is 1. The van der Waals surface area contributed by atoms with E-state index in [1.54, 1.807) is 30.7 Å². The summed E-state index contributed by atoms with van der Waals surface area (Å²) >= 11 is 6.26. The standard InChI is InChI=1S/C22H19ClN4O3/c1-3-30-21-16(23)10-14(11-19(21)29-2)22(28)26-15-8-9-20(24-12-15)27-13-25-17-6-4-5-7-18(17)27/h4-13H,3H2,1-2H3,(H,26,28). The molecule has 4 aromatic rings. The van der Waals surface area contributed by atoms with E-state index >= 15 is 0 Å². The molecule has 7 nitrogen and oxygen atoms in total. The maximum Gasteiger partial charge on any atom is 0.255 e. The highest BCUT2D eigenvalue weighted by Crippen LogP contribution is 2.36. The third-order valence-corrected chi connectivity index (χ3v) is 4.77. The highest BCUT2D eigenvalue weighted by atomic mass is 35.5. The Balaban J connectivity index is 1.55. The number of anilines is 1. The number of aromatic nitrogens is 3. The molecule has 8 heteroatoms. The average molecular weight is 423 g/mol. The quantitative estimate of drug-likeness (QED) is 0.485. The number of ether oxygens (including phenoxy) is 2. The van der Waals surface area contributed by atoms with Gasteiger partial charge in [0, 0.05) is 5.56 Å². The topological polar surface area (TPSA) is 78.3 Å². The van der Waals surface area contributed by atoms with Crippen LogP contribution in [-0.4, -0.2) is 34.2 Å². The van der Waals surface area contributed by atoms with Crippen LogP contribution in [-0.2, 0) is 0 Å². The first-order valence-electron chi connectivity index (χ1n) is 9.31. The normalized spacial score (nSPS) is 10.8. The van der Waals surface area contributed by atoms with Crippen LogP contribution >= 0.6 is 11.6 Å². The molecule has 0 atom stereocenters. The summed E-state index contributed by atoms with van der Waals surface area (Å²) in [6.45, 7) is 2.28. The highest BCUT2D eigenvalue weighted by Gasteiger charge is 2.16. The predicted molar refractivity (Wildman–Crippen MR) is 116 cm³/mol. The Morgan fingerprint density at radius 2 is 2.00 bits per heavy atom. The Bertz CT molecular complexity index is 1200. The second-order valence-corrected chi connectivity index (χ2v) is 6.79. The number of hydrogen-bond acceptors (Lipinski definition) is 5. The molecule has 0 aliphatic heterocycles. The van der Waals surface area contributed by atoms with Crippen molar-refractivity contribution < 1.29 is 14.3 Å².